The number of hydrogen-bond donors (Lipinski definition) is 2. The summed E-state index contributed by atoms with van der Waals surface area (Å²) in [6.07, 6.45) is 5.82. The monoisotopic (exact) mass is 280 g/mol. The molecule has 1 fully saturated rings. The summed E-state index contributed by atoms with van der Waals surface area (Å²) >= 11 is 0. The van der Waals surface area contributed by atoms with Gasteiger partial charge in [0.1, 0.15) is 0 Å². The Morgan fingerprint density at radius 2 is 2.10 bits per heavy atom. The number of aromatic nitrogens is 2. The molecule has 1 saturated carbocycles. The fourth-order valence-electron chi connectivity index (χ4n) is 3.23. The molecule has 1 aliphatic carbocycles. The molecule has 1 heterocycles. The summed E-state index contributed by atoms with van der Waals surface area (Å²) in [7, 11) is 0. The molecule has 0 radical (unpaired) electrons. The molecule has 0 aliphatic heterocycles. The SMILES string of the molecule is CCCc1c(O)n(CC2CCCC(C)C2)c(=O)[nH]c1=O. The van der Waals surface area contributed by atoms with E-state index in [-0.39, 0.29) is 5.88 Å². The van der Waals surface area contributed by atoms with E-state index < -0.39 is 11.2 Å². The van der Waals surface area contributed by atoms with Gasteiger partial charge in [0.15, 0.2) is 0 Å². The van der Waals surface area contributed by atoms with Crippen LogP contribution in [0.2, 0.25) is 0 Å². The van der Waals surface area contributed by atoms with Crippen LogP contribution in [0.5, 0.6) is 5.88 Å². The quantitative estimate of drug-likeness (QED) is 0.886. The average Bonchev–Trinajstić information content (AvgIpc) is 2.39. The Balaban J connectivity index is 2.29. The molecule has 112 valence electrons. The highest BCUT2D eigenvalue weighted by atomic mass is 16.3. The Labute approximate surface area is 118 Å². The van der Waals surface area contributed by atoms with Crippen LogP contribution >= 0.6 is 0 Å². The summed E-state index contributed by atoms with van der Waals surface area (Å²) in [5.41, 5.74) is -0.621. The van der Waals surface area contributed by atoms with Gasteiger partial charge in [0.05, 0.1) is 5.56 Å². The van der Waals surface area contributed by atoms with Crippen molar-refractivity contribution in [3.05, 3.63) is 26.4 Å². The van der Waals surface area contributed by atoms with Crippen LogP contribution in [-0.2, 0) is 13.0 Å². The molecular weight excluding hydrogens is 256 g/mol. The Kier molecular flexibility index (Phi) is 4.68. The zero-order valence-electron chi connectivity index (χ0n) is 12.3. The molecule has 1 aromatic rings. The second kappa shape index (κ2) is 6.29. The zero-order valence-corrected chi connectivity index (χ0v) is 12.3. The van der Waals surface area contributed by atoms with Crippen molar-refractivity contribution in [1.82, 2.24) is 9.55 Å². The number of aromatic amines is 1. The van der Waals surface area contributed by atoms with E-state index in [9.17, 15) is 14.7 Å². The van der Waals surface area contributed by atoms with Gasteiger partial charge < -0.3 is 5.11 Å². The lowest BCUT2D eigenvalue weighted by molar-refractivity contribution is 0.243. The molecule has 20 heavy (non-hydrogen) atoms. The van der Waals surface area contributed by atoms with Crippen LogP contribution in [0.3, 0.4) is 0 Å². The molecule has 5 nitrogen and oxygen atoms in total. The highest BCUT2D eigenvalue weighted by Gasteiger charge is 2.22. The van der Waals surface area contributed by atoms with Gasteiger partial charge in [-0.15, -0.1) is 0 Å². The topological polar surface area (TPSA) is 75.1 Å². The molecule has 5 heteroatoms. The number of nitrogens with one attached hydrogen (secondary N) is 1. The van der Waals surface area contributed by atoms with Crippen molar-refractivity contribution >= 4 is 0 Å². The predicted octanol–water partition coefficient (Wildman–Crippen LogP) is 2.02. The lowest BCUT2D eigenvalue weighted by Gasteiger charge is -2.27. The van der Waals surface area contributed by atoms with Crippen molar-refractivity contribution < 1.29 is 5.11 Å². The predicted molar refractivity (Wildman–Crippen MR) is 78.1 cm³/mol. The largest absolute Gasteiger partial charge is 0.494 e. The smallest absolute Gasteiger partial charge is 0.331 e. The first kappa shape index (κ1) is 14.9. The Morgan fingerprint density at radius 1 is 1.35 bits per heavy atom. The third kappa shape index (κ3) is 3.14. The lowest BCUT2D eigenvalue weighted by atomic mass is 9.82. The maximum atomic E-state index is 11.9. The first-order valence-electron chi connectivity index (χ1n) is 7.57. The molecule has 2 unspecified atom stereocenters. The van der Waals surface area contributed by atoms with Gasteiger partial charge in [0, 0.05) is 6.54 Å². The number of nitrogens with zero attached hydrogens (tertiary/aromatic N) is 1. The van der Waals surface area contributed by atoms with Crippen LogP contribution in [0.15, 0.2) is 9.59 Å². The molecule has 0 bridgehead atoms. The van der Waals surface area contributed by atoms with E-state index in [1.165, 1.54) is 17.4 Å². The molecule has 1 aliphatic rings. The lowest BCUT2D eigenvalue weighted by Crippen LogP contribution is -2.34. The van der Waals surface area contributed by atoms with Gasteiger partial charge >= 0.3 is 5.69 Å². The molecule has 2 N–H and O–H groups in total. The van der Waals surface area contributed by atoms with Crippen molar-refractivity contribution in [2.45, 2.75) is 58.9 Å². The number of rotatable bonds is 4. The van der Waals surface area contributed by atoms with Gasteiger partial charge in [-0.05, 0) is 31.1 Å². The van der Waals surface area contributed by atoms with Crippen molar-refractivity contribution in [3.63, 3.8) is 0 Å². The zero-order chi connectivity index (χ0) is 14.7. The third-order valence-electron chi connectivity index (χ3n) is 4.25. The van der Waals surface area contributed by atoms with Crippen LogP contribution in [0.4, 0.5) is 0 Å². The standard InChI is InChI=1S/C15H24N2O3/c1-3-5-12-13(18)16-15(20)17(14(12)19)9-11-7-4-6-10(2)8-11/h10-11,19H,3-9H2,1-2H3,(H,16,18,20). The number of aromatic hydroxyl groups is 1. The highest BCUT2D eigenvalue weighted by molar-refractivity contribution is 5.22. The molecule has 0 aromatic carbocycles. The summed E-state index contributed by atoms with van der Waals surface area (Å²) < 4.78 is 1.34. The molecule has 1 aromatic heterocycles. The van der Waals surface area contributed by atoms with Gasteiger partial charge in [-0.3, -0.25) is 14.3 Å². The molecule has 0 saturated heterocycles. The van der Waals surface area contributed by atoms with Crippen LogP contribution < -0.4 is 11.2 Å². The average molecular weight is 280 g/mol. The number of H-pyrrole nitrogens is 1. The van der Waals surface area contributed by atoms with Crippen molar-refractivity contribution in [3.8, 4) is 5.88 Å². The second-order valence-electron chi connectivity index (χ2n) is 6.06. The van der Waals surface area contributed by atoms with Gasteiger partial charge in [-0.1, -0.05) is 33.1 Å². The van der Waals surface area contributed by atoms with Gasteiger partial charge in [0.25, 0.3) is 5.56 Å². The third-order valence-corrected chi connectivity index (χ3v) is 4.25. The summed E-state index contributed by atoms with van der Waals surface area (Å²) in [4.78, 5) is 26.0. The maximum absolute atomic E-state index is 11.9. The molecule has 0 amide bonds. The summed E-state index contributed by atoms with van der Waals surface area (Å²) in [5.74, 6) is 0.936. The van der Waals surface area contributed by atoms with E-state index in [0.717, 1.165) is 19.3 Å². The van der Waals surface area contributed by atoms with E-state index in [4.69, 9.17) is 0 Å². The molecule has 0 spiro atoms. The maximum Gasteiger partial charge on any atom is 0.331 e. The fraction of sp³-hybridized carbons (Fsp3) is 0.733. The van der Waals surface area contributed by atoms with E-state index >= 15 is 0 Å². The summed E-state index contributed by atoms with van der Waals surface area (Å²) in [6, 6.07) is 0. The minimum atomic E-state index is -0.495. The fourth-order valence-corrected chi connectivity index (χ4v) is 3.23. The van der Waals surface area contributed by atoms with Gasteiger partial charge in [-0.25, -0.2) is 4.79 Å². The summed E-state index contributed by atoms with van der Waals surface area (Å²) in [6.45, 7) is 4.67. The minimum Gasteiger partial charge on any atom is -0.494 e. The van der Waals surface area contributed by atoms with Crippen LogP contribution in [0, 0.1) is 11.8 Å². The van der Waals surface area contributed by atoms with Crippen molar-refractivity contribution in [2.75, 3.05) is 0 Å². The van der Waals surface area contributed by atoms with Crippen molar-refractivity contribution in [2.24, 2.45) is 11.8 Å². The Hall–Kier alpha value is -1.52. The van der Waals surface area contributed by atoms with E-state index in [1.54, 1.807) is 0 Å². The normalized spacial score (nSPS) is 22.9. The van der Waals surface area contributed by atoms with Crippen LogP contribution in [-0.4, -0.2) is 14.7 Å². The molecular formula is C15H24N2O3. The Bertz CT molecular complexity index is 573. The van der Waals surface area contributed by atoms with Gasteiger partial charge in [-0.2, -0.15) is 0 Å². The van der Waals surface area contributed by atoms with E-state index in [2.05, 4.69) is 11.9 Å². The Morgan fingerprint density at radius 3 is 2.75 bits per heavy atom. The highest BCUT2D eigenvalue weighted by Crippen LogP contribution is 2.30. The van der Waals surface area contributed by atoms with Crippen LogP contribution in [0.25, 0.3) is 0 Å². The van der Waals surface area contributed by atoms with Gasteiger partial charge in [0.2, 0.25) is 5.88 Å². The van der Waals surface area contributed by atoms with E-state index in [1.807, 2.05) is 6.92 Å². The minimum absolute atomic E-state index is 0.140. The van der Waals surface area contributed by atoms with E-state index in [0.29, 0.717) is 30.4 Å². The molecule has 2 rings (SSSR count). The number of hydrogen-bond acceptors (Lipinski definition) is 3. The van der Waals surface area contributed by atoms with Crippen LogP contribution in [0.1, 0.15) is 51.5 Å². The van der Waals surface area contributed by atoms with Crippen molar-refractivity contribution in [1.29, 1.82) is 0 Å². The summed E-state index contributed by atoms with van der Waals surface area (Å²) in [5, 5.41) is 10.2. The first-order valence-corrected chi connectivity index (χ1v) is 7.57. The molecule has 2 atom stereocenters. The first-order chi connectivity index (χ1) is 9.52. The second-order valence-corrected chi connectivity index (χ2v) is 6.06.